The third-order valence-corrected chi connectivity index (χ3v) is 2.59. The topological polar surface area (TPSA) is 94.9 Å². The Kier molecular flexibility index (Phi) is 2.63. The number of aromatic hydroxyl groups is 1. The summed E-state index contributed by atoms with van der Waals surface area (Å²) in [6.45, 7) is 3.44. The molecule has 2 N–H and O–H groups in total. The largest absolute Gasteiger partial charge is 0.507 e. The summed E-state index contributed by atoms with van der Waals surface area (Å²) in [4.78, 5) is 35.2. The van der Waals surface area contributed by atoms with E-state index in [0.717, 1.165) is 4.90 Å². The molecule has 0 bridgehead atoms. The van der Waals surface area contributed by atoms with Crippen LogP contribution >= 0.6 is 0 Å². The number of amides is 2. The van der Waals surface area contributed by atoms with Crippen molar-refractivity contribution in [2.45, 2.75) is 6.42 Å². The Balaban J connectivity index is 2.62. The molecule has 1 saturated heterocycles. The van der Waals surface area contributed by atoms with Gasteiger partial charge >= 0.3 is 5.97 Å². The number of imide groups is 1. The van der Waals surface area contributed by atoms with Crippen molar-refractivity contribution in [1.82, 2.24) is 0 Å². The number of carbonyl (C=O) groups excluding carboxylic acids is 2. The van der Waals surface area contributed by atoms with Crippen LogP contribution in [0.1, 0.15) is 16.8 Å². The molecule has 1 aliphatic heterocycles. The Hall–Kier alpha value is -2.63. The fourth-order valence-electron chi connectivity index (χ4n) is 1.79. The summed E-state index contributed by atoms with van der Waals surface area (Å²) in [5.41, 5.74) is -0.523. The molecule has 1 fully saturated rings. The first kappa shape index (κ1) is 11.8. The van der Waals surface area contributed by atoms with E-state index in [2.05, 4.69) is 6.58 Å². The van der Waals surface area contributed by atoms with Crippen molar-refractivity contribution in [3.05, 3.63) is 35.9 Å². The van der Waals surface area contributed by atoms with E-state index >= 15 is 0 Å². The summed E-state index contributed by atoms with van der Waals surface area (Å²) < 4.78 is 0. The SMILES string of the molecule is C=C1CC(=O)N(c2cccc(O)c2C(=O)O)C1=O. The number of rotatable bonds is 2. The van der Waals surface area contributed by atoms with Crippen molar-refractivity contribution in [3.8, 4) is 5.75 Å². The Morgan fingerprint density at radius 2 is 2.00 bits per heavy atom. The maximum Gasteiger partial charge on any atom is 0.341 e. The summed E-state index contributed by atoms with van der Waals surface area (Å²) >= 11 is 0. The minimum absolute atomic E-state index is 0.0969. The van der Waals surface area contributed by atoms with Crippen molar-refractivity contribution >= 4 is 23.5 Å². The third kappa shape index (κ3) is 1.64. The van der Waals surface area contributed by atoms with E-state index < -0.39 is 29.1 Å². The van der Waals surface area contributed by atoms with Gasteiger partial charge in [-0.15, -0.1) is 0 Å². The van der Waals surface area contributed by atoms with Crippen LogP contribution in [0.2, 0.25) is 0 Å². The number of benzene rings is 1. The summed E-state index contributed by atoms with van der Waals surface area (Å²) in [5.74, 6) is -3.12. The third-order valence-electron chi connectivity index (χ3n) is 2.59. The van der Waals surface area contributed by atoms with Crippen LogP contribution in [0.5, 0.6) is 5.75 Å². The van der Waals surface area contributed by atoms with Crippen LogP contribution in [-0.4, -0.2) is 28.0 Å². The van der Waals surface area contributed by atoms with Crippen molar-refractivity contribution < 1.29 is 24.6 Å². The number of nitrogens with zero attached hydrogens (tertiary/aromatic N) is 1. The summed E-state index contributed by atoms with van der Waals surface area (Å²) in [7, 11) is 0. The van der Waals surface area contributed by atoms with Crippen molar-refractivity contribution in [1.29, 1.82) is 0 Å². The van der Waals surface area contributed by atoms with Gasteiger partial charge in [0.1, 0.15) is 11.3 Å². The lowest BCUT2D eigenvalue weighted by molar-refractivity contribution is -0.120. The fourth-order valence-corrected chi connectivity index (χ4v) is 1.79. The van der Waals surface area contributed by atoms with Crippen LogP contribution in [0.3, 0.4) is 0 Å². The second-order valence-electron chi connectivity index (χ2n) is 3.79. The molecule has 92 valence electrons. The molecule has 1 aliphatic rings. The number of hydrogen-bond acceptors (Lipinski definition) is 4. The molecule has 0 saturated carbocycles. The molecule has 6 heteroatoms. The Labute approximate surface area is 102 Å². The van der Waals surface area contributed by atoms with Crippen molar-refractivity contribution in [2.24, 2.45) is 0 Å². The standard InChI is InChI=1S/C12H9NO5/c1-6-5-9(15)13(11(6)16)7-3-2-4-8(14)10(7)12(17)18/h2-4,14H,1,5H2,(H,17,18). The van der Waals surface area contributed by atoms with Crippen LogP contribution < -0.4 is 4.90 Å². The number of carbonyl (C=O) groups is 3. The van der Waals surface area contributed by atoms with Gasteiger partial charge in [-0.1, -0.05) is 12.6 Å². The highest BCUT2D eigenvalue weighted by Gasteiger charge is 2.36. The van der Waals surface area contributed by atoms with Gasteiger partial charge < -0.3 is 10.2 Å². The highest BCUT2D eigenvalue weighted by atomic mass is 16.4. The predicted molar refractivity (Wildman–Crippen MR) is 61.3 cm³/mol. The molecule has 6 nitrogen and oxygen atoms in total. The van der Waals surface area contributed by atoms with Crippen LogP contribution in [-0.2, 0) is 9.59 Å². The monoisotopic (exact) mass is 247 g/mol. The molecular weight excluding hydrogens is 238 g/mol. The average Bonchev–Trinajstić information content (AvgIpc) is 2.52. The van der Waals surface area contributed by atoms with Gasteiger partial charge in [-0.3, -0.25) is 9.59 Å². The lowest BCUT2D eigenvalue weighted by Gasteiger charge is -2.16. The molecule has 0 unspecified atom stereocenters. The molecule has 0 radical (unpaired) electrons. The van der Waals surface area contributed by atoms with Crippen LogP contribution in [0.25, 0.3) is 0 Å². The smallest absolute Gasteiger partial charge is 0.341 e. The molecule has 0 spiro atoms. The number of anilines is 1. The first-order chi connectivity index (χ1) is 8.43. The molecule has 0 aliphatic carbocycles. The normalized spacial score (nSPS) is 15.3. The second-order valence-corrected chi connectivity index (χ2v) is 3.79. The van der Waals surface area contributed by atoms with Gasteiger partial charge in [0, 0.05) is 5.57 Å². The Bertz CT molecular complexity index is 590. The van der Waals surface area contributed by atoms with Gasteiger partial charge in [-0.25, -0.2) is 9.69 Å². The first-order valence-electron chi connectivity index (χ1n) is 5.04. The molecule has 0 atom stereocenters. The lowest BCUT2D eigenvalue weighted by Crippen LogP contribution is -2.30. The van der Waals surface area contributed by atoms with Gasteiger partial charge in [-0.05, 0) is 12.1 Å². The van der Waals surface area contributed by atoms with Crippen LogP contribution in [0.15, 0.2) is 30.4 Å². The highest BCUT2D eigenvalue weighted by Crippen LogP contribution is 2.32. The molecule has 1 aromatic carbocycles. The van der Waals surface area contributed by atoms with E-state index in [9.17, 15) is 19.5 Å². The zero-order chi connectivity index (χ0) is 13.4. The highest BCUT2D eigenvalue weighted by molar-refractivity contribution is 6.29. The molecule has 1 heterocycles. The first-order valence-corrected chi connectivity index (χ1v) is 5.04. The molecular formula is C12H9NO5. The van der Waals surface area contributed by atoms with Gasteiger partial charge in [0.05, 0.1) is 12.1 Å². The van der Waals surface area contributed by atoms with Gasteiger partial charge in [-0.2, -0.15) is 0 Å². The van der Waals surface area contributed by atoms with Gasteiger partial charge in [0.15, 0.2) is 0 Å². The molecule has 2 rings (SSSR count). The van der Waals surface area contributed by atoms with E-state index in [1.807, 2.05) is 0 Å². The quantitative estimate of drug-likeness (QED) is 0.598. The molecule has 1 aromatic rings. The van der Waals surface area contributed by atoms with Gasteiger partial charge in [0.25, 0.3) is 5.91 Å². The van der Waals surface area contributed by atoms with E-state index in [0.29, 0.717) is 0 Å². The maximum atomic E-state index is 11.7. The molecule has 0 aromatic heterocycles. The number of carboxylic acid groups (broad SMARTS) is 1. The number of carboxylic acids is 1. The van der Waals surface area contributed by atoms with E-state index in [-0.39, 0.29) is 17.7 Å². The molecule has 2 amide bonds. The van der Waals surface area contributed by atoms with Crippen molar-refractivity contribution in [2.75, 3.05) is 4.90 Å². The zero-order valence-electron chi connectivity index (χ0n) is 9.21. The fraction of sp³-hybridized carbons (Fsp3) is 0.0833. The van der Waals surface area contributed by atoms with Crippen LogP contribution in [0.4, 0.5) is 5.69 Å². The maximum absolute atomic E-state index is 11.7. The Morgan fingerprint density at radius 3 is 2.50 bits per heavy atom. The van der Waals surface area contributed by atoms with Crippen molar-refractivity contribution in [3.63, 3.8) is 0 Å². The lowest BCUT2D eigenvalue weighted by atomic mass is 10.1. The number of phenols is 1. The van der Waals surface area contributed by atoms with Gasteiger partial charge in [0.2, 0.25) is 5.91 Å². The average molecular weight is 247 g/mol. The van der Waals surface area contributed by atoms with E-state index in [1.165, 1.54) is 18.2 Å². The van der Waals surface area contributed by atoms with E-state index in [1.54, 1.807) is 0 Å². The van der Waals surface area contributed by atoms with Crippen LogP contribution in [0, 0.1) is 0 Å². The summed E-state index contributed by atoms with van der Waals surface area (Å²) in [6.07, 6.45) is -0.145. The second kappa shape index (κ2) is 3.99. The van der Waals surface area contributed by atoms with E-state index in [4.69, 9.17) is 5.11 Å². The summed E-state index contributed by atoms with van der Waals surface area (Å²) in [5, 5.41) is 18.5. The minimum Gasteiger partial charge on any atom is -0.507 e. The Morgan fingerprint density at radius 1 is 1.33 bits per heavy atom. The minimum atomic E-state index is -1.42. The number of hydrogen-bond donors (Lipinski definition) is 2. The zero-order valence-corrected chi connectivity index (χ0v) is 9.21. The summed E-state index contributed by atoms with van der Waals surface area (Å²) in [6, 6.07) is 3.82. The number of aromatic carboxylic acids is 1. The predicted octanol–water partition coefficient (Wildman–Crippen LogP) is 0.910. The molecule has 18 heavy (non-hydrogen) atoms.